The predicted octanol–water partition coefficient (Wildman–Crippen LogP) is 5.80. The molecule has 1 aliphatic heterocycles. The van der Waals surface area contributed by atoms with E-state index in [0.29, 0.717) is 18.6 Å². The van der Waals surface area contributed by atoms with Crippen LogP contribution in [0.1, 0.15) is 77.7 Å². The third kappa shape index (κ3) is 8.06. The van der Waals surface area contributed by atoms with Gasteiger partial charge in [-0.2, -0.15) is 0 Å². The third-order valence-electron chi connectivity index (χ3n) is 7.35. The topological polar surface area (TPSA) is 51.1 Å². The molecule has 1 aromatic rings. The van der Waals surface area contributed by atoms with Crippen molar-refractivity contribution in [2.45, 2.75) is 90.4 Å². The lowest BCUT2D eigenvalue weighted by Crippen LogP contribution is -2.40. The summed E-state index contributed by atoms with van der Waals surface area (Å²) >= 11 is 0. The number of esters is 1. The standard InChI is InChI=1S/C29H44N2O3/c1-5-10-27(21-31-19-17-26(18-20-31)29(32)33-6-2)30-22(3)23(4)34-28-15-13-25(14-16-28)24-11-8-7-9-12-24/h5,7-12,22-23,25-26,28H,6,13-21H2,1-4H3/b10-5-,30-27+/t22-,23?,25-,28-/m0/s1. The Hall–Kier alpha value is -1.98. The van der Waals surface area contributed by atoms with Crippen molar-refractivity contribution in [1.82, 2.24) is 4.90 Å². The molecular weight excluding hydrogens is 424 g/mol. The van der Waals surface area contributed by atoms with E-state index in [1.165, 1.54) is 18.4 Å². The highest BCUT2D eigenvalue weighted by Crippen LogP contribution is 2.34. The van der Waals surface area contributed by atoms with Crippen LogP contribution < -0.4 is 0 Å². The number of hydrogen-bond donors (Lipinski definition) is 0. The first-order chi connectivity index (χ1) is 16.5. The maximum Gasteiger partial charge on any atom is 0.309 e. The minimum Gasteiger partial charge on any atom is -0.466 e. The van der Waals surface area contributed by atoms with Crippen LogP contribution in [0.5, 0.6) is 0 Å². The fourth-order valence-corrected chi connectivity index (χ4v) is 5.19. The van der Waals surface area contributed by atoms with Gasteiger partial charge in [-0.15, -0.1) is 0 Å². The number of benzene rings is 1. The first-order valence-electron chi connectivity index (χ1n) is 13.3. The van der Waals surface area contributed by atoms with Crippen LogP contribution in [0.2, 0.25) is 0 Å². The summed E-state index contributed by atoms with van der Waals surface area (Å²) in [5.41, 5.74) is 2.56. The van der Waals surface area contributed by atoms with Crippen molar-refractivity contribution >= 4 is 11.7 Å². The zero-order valence-corrected chi connectivity index (χ0v) is 21.6. The average Bonchev–Trinajstić information content (AvgIpc) is 2.85. The van der Waals surface area contributed by atoms with E-state index in [1.807, 2.05) is 13.8 Å². The Kier molecular flexibility index (Phi) is 10.8. The van der Waals surface area contributed by atoms with E-state index in [-0.39, 0.29) is 24.0 Å². The molecule has 1 saturated heterocycles. The van der Waals surface area contributed by atoms with Gasteiger partial charge in [0.25, 0.3) is 0 Å². The second-order valence-corrected chi connectivity index (χ2v) is 9.89. The smallest absolute Gasteiger partial charge is 0.309 e. The zero-order valence-electron chi connectivity index (χ0n) is 21.6. The fourth-order valence-electron chi connectivity index (χ4n) is 5.19. The molecule has 1 heterocycles. The summed E-state index contributed by atoms with van der Waals surface area (Å²) in [5, 5.41) is 0. The van der Waals surface area contributed by atoms with Crippen LogP contribution in [0.4, 0.5) is 0 Å². The van der Waals surface area contributed by atoms with Crippen molar-refractivity contribution in [1.29, 1.82) is 0 Å². The van der Waals surface area contributed by atoms with E-state index in [1.54, 1.807) is 0 Å². The molecule has 0 spiro atoms. The van der Waals surface area contributed by atoms with Crippen molar-refractivity contribution in [3.05, 3.63) is 48.0 Å². The maximum atomic E-state index is 12.0. The minimum absolute atomic E-state index is 0.0399. The van der Waals surface area contributed by atoms with Gasteiger partial charge in [0.15, 0.2) is 0 Å². The SMILES string of the molecule is C/C=C\C(CN1CCC(C(=O)OCC)CC1)=N/[C@@H](C)C(C)O[C@H]1CC[C@H](c2ccccc2)CC1. The van der Waals surface area contributed by atoms with E-state index in [0.717, 1.165) is 51.0 Å². The molecule has 1 aliphatic carbocycles. The number of nitrogens with zero attached hydrogens (tertiary/aromatic N) is 2. The minimum atomic E-state index is -0.0399. The van der Waals surface area contributed by atoms with Gasteiger partial charge in [-0.1, -0.05) is 36.4 Å². The zero-order chi connectivity index (χ0) is 24.3. The second-order valence-electron chi connectivity index (χ2n) is 9.89. The molecule has 0 radical (unpaired) electrons. The van der Waals surface area contributed by atoms with Crippen molar-refractivity contribution in [3.8, 4) is 0 Å². The van der Waals surface area contributed by atoms with E-state index in [9.17, 15) is 4.79 Å². The quantitative estimate of drug-likeness (QED) is 0.322. The molecule has 1 saturated carbocycles. The molecule has 5 heteroatoms. The van der Waals surface area contributed by atoms with Crippen molar-refractivity contribution in [2.75, 3.05) is 26.2 Å². The molecule has 2 aliphatic rings. The Morgan fingerprint density at radius 2 is 1.76 bits per heavy atom. The van der Waals surface area contributed by atoms with E-state index >= 15 is 0 Å². The number of carbonyl (C=O) groups excluding carboxylic acids is 1. The van der Waals surface area contributed by atoms with Gasteiger partial charge in [0.1, 0.15) is 0 Å². The number of rotatable bonds is 10. The second kappa shape index (κ2) is 13.8. The lowest BCUT2D eigenvalue weighted by Gasteiger charge is -2.32. The van der Waals surface area contributed by atoms with Crippen LogP contribution in [-0.2, 0) is 14.3 Å². The lowest BCUT2D eigenvalue weighted by atomic mass is 9.83. The predicted molar refractivity (Wildman–Crippen MR) is 139 cm³/mol. The van der Waals surface area contributed by atoms with Gasteiger partial charge in [-0.25, -0.2) is 0 Å². The number of aliphatic imine (C=N–C) groups is 1. The molecular formula is C29H44N2O3. The number of ether oxygens (including phenoxy) is 2. The summed E-state index contributed by atoms with van der Waals surface area (Å²) in [6.07, 6.45) is 11.0. The maximum absolute atomic E-state index is 12.0. The highest BCUT2D eigenvalue weighted by molar-refractivity contribution is 5.96. The van der Waals surface area contributed by atoms with Crippen molar-refractivity contribution < 1.29 is 14.3 Å². The largest absolute Gasteiger partial charge is 0.466 e. The monoisotopic (exact) mass is 468 g/mol. The summed E-state index contributed by atoms with van der Waals surface area (Å²) in [6, 6.07) is 11.0. The van der Waals surface area contributed by atoms with Gasteiger partial charge < -0.3 is 9.47 Å². The Labute approximate surface area is 206 Å². The van der Waals surface area contributed by atoms with Crippen LogP contribution in [0.25, 0.3) is 0 Å². The summed E-state index contributed by atoms with van der Waals surface area (Å²) in [6.45, 7) is 11.3. The first-order valence-corrected chi connectivity index (χ1v) is 13.3. The van der Waals surface area contributed by atoms with Crippen molar-refractivity contribution in [3.63, 3.8) is 0 Å². The molecule has 0 N–H and O–H groups in total. The van der Waals surface area contributed by atoms with Gasteiger partial charge in [-0.05, 0) is 96.9 Å². The van der Waals surface area contributed by atoms with Crippen LogP contribution in [0, 0.1) is 5.92 Å². The summed E-state index contributed by atoms with van der Waals surface area (Å²) in [4.78, 5) is 19.5. The molecule has 0 amide bonds. The number of allylic oxidation sites excluding steroid dienone is 1. The number of carbonyl (C=O) groups is 1. The summed E-state index contributed by atoms with van der Waals surface area (Å²) in [5.74, 6) is 0.672. The molecule has 5 nitrogen and oxygen atoms in total. The summed E-state index contributed by atoms with van der Waals surface area (Å²) < 4.78 is 11.7. The molecule has 34 heavy (non-hydrogen) atoms. The van der Waals surface area contributed by atoms with Gasteiger partial charge in [0, 0.05) is 12.3 Å². The summed E-state index contributed by atoms with van der Waals surface area (Å²) in [7, 11) is 0. The van der Waals surface area contributed by atoms with Crippen LogP contribution in [0.15, 0.2) is 47.5 Å². The van der Waals surface area contributed by atoms with Crippen molar-refractivity contribution in [2.24, 2.45) is 10.9 Å². The Morgan fingerprint density at radius 1 is 1.09 bits per heavy atom. The molecule has 3 rings (SSSR count). The lowest BCUT2D eigenvalue weighted by molar-refractivity contribution is -0.149. The molecule has 188 valence electrons. The Balaban J connectivity index is 1.46. The molecule has 1 unspecified atom stereocenters. The molecule has 2 fully saturated rings. The molecule has 0 aromatic heterocycles. The molecule has 2 atom stereocenters. The van der Waals surface area contributed by atoms with Gasteiger partial charge in [0.2, 0.25) is 0 Å². The van der Waals surface area contributed by atoms with Gasteiger partial charge >= 0.3 is 5.97 Å². The number of piperidine rings is 1. The Bertz CT molecular complexity index is 791. The van der Waals surface area contributed by atoms with E-state index in [4.69, 9.17) is 14.5 Å². The van der Waals surface area contributed by atoms with Gasteiger partial charge in [-0.3, -0.25) is 14.7 Å². The number of hydrogen-bond acceptors (Lipinski definition) is 5. The van der Waals surface area contributed by atoms with Crippen LogP contribution >= 0.6 is 0 Å². The van der Waals surface area contributed by atoms with E-state index < -0.39 is 0 Å². The normalized spacial score (nSPS) is 24.8. The van der Waals surface area contributed by atoms with Gasteiger partial charge in [0.05, 0.1) is 30.8 Å². The fraction of sp³-hybridized carbons (Fsp3) is 0.655. The Morgan fingerprint density at radius 3 is 2.38 bits per heavy atom. The van der Waals surface area contributed by atoms with E-state index in [2.05, 4.69) is 61.2 Å². The molecule has 1 aromatic carbocycles. The van der Waals surface area contributed by atoms with Crippen LogP contribution in [-0.4, -0.2) is 61.1 Å². The highest BCUT2D eigenvalue weighted by atomic mass is 16.5. The highest BCUT2D eigenvalue weighted by Gasteiger charge is 2.27. The number of likely N-dealkylation sites (tertiary alicyclic amines) is 1. The average molecular weight is 469 g/mol. The third-order valence-corrected chi connectivity index (χ3v) is 7.35. The van der Waals surface area contributed by atoms with Crippen LogP contribution in [0.3, 0.4) is 0 Å². The first kappa shape index (κ1) is 26.6. The molecule has 0 bridgehead atoms.